The van der Waals surface area contributed by atoms with Crippen molar-refractivity contribution in [3.05, 3.63) is 35.7 Å². The maximum Gasteiger partial charge on any atom is 0.210 e. The van der Waals surface area contributed by atoms with Crippen LogP contribution in [-0.4, -0.2) is 17.8 Å². The predicted molar refractivity (Wildman–Crippen MR) is 90.4 cm³/mol. The largest absolute Gasteiger partial charge is 1.00 e. The molecule has 4 aliphatic rings. The third kappa shape index (κ3) is 1.69. The summed E-state index contributed by atoms with van der Waals surface area (Å²) in [6, 6.07) is 6.71. The maximum atomic E-state index is 11.2. The number of ether oxygens (including phenoxy) is 1. The fraction of sp³-hybridized carbons (Fsp3) is 0.667. The second kappa shape index (κ2) is 5.08. The number of methoxy groups -OCH3 is 1. The molecule has 1 aromatic carbocycles. The molecule has 5 rings (SSSR count). The van der Waals surface area contributed by atoms with Crippen molar-refractivity contribution in [2.75, 3.05) is 7.11 Å². The molecule has 1 aromatic rings. The summed E-state index contributed by atoms with van der Waals surface area (Å²) in [5.74, 6) is 2.42. The number of aliphatic hydroxyl groups is 1. The summed E-state index contributed by atoms with van der Waals surface area (Å²) in [6.45, 7) is 2.39. The summed E-state index contributed by atoms with van der Waals surface area (Å²) < 4.78 is 5.42. The monoisotopic (exact) mass is 346 g/mol. The highest BCUT2D eigenvalue weighted by Crippen LogP contribution is 2.77. The molecule has 130 valence electrons. The highest BCUT2D eigenvalue weighted by Gasteiger charge is 2.79. The van der Waals surface area contributed by atoms with Crippen LogP contribution in [0.15, 0.2) is 18.2 Å². The van der Waals surface area contributed by atoms with Crippen molar-refractivity contribution in [3.63, 3.8) is 0 Å². The number of aryl methyl sites for hydroxylation is 1. The van der Waals surface area contributed by atoms with E-state index < -0.39 is 5.60 Å². The van der Waals surface area contributed by atoms with Crippen molar-refractivity contribution in [3.8, 4) is 5.75 Å². The van der Waals surface area contributed by atoms with Crippen molar-refractivity contribution < 1.29 is 22.3 Å². The second-order valence-electron chi connectivity index (χ2n) is 8.68. The lowest BCUT2D eigenvalue weighted by Crippen LogP contribution is -3.00. The zero-order valence-electron chi connectivity index (χ0n) is 14.6. The van der Waals surface area contributed by atoms with E-state index >= 15 is 0 Å². The molecule has 1 N–H and O–H groups in total. The van der Waals surface area contributed by atoms with Gasteiger partial charge in [-0.05, 0) is 67.2 Å². The molecule has 3 fully saturated rings. The number of benzene rings is 1. The number of hydrogen-bond acceptors (Lipinski definition) is 2. The average Bonchev–Trinajstić information content (AvgIpc) is 2.95. The van der Waals surface area contributed by atoms with Gasteiger partial charge in [-0.25, -0.2) is 0 Å². The molecule has 0 heterocycles. The minimum atomic E-state index is -0.488. The fourth-order valence-corrected chi connectivity index (χ4v) is 7.09. The van der Waals surface area contributed by atoms with Gasteiger partial charge in [0.1, 0.15) is 12.2 Å². The summed E-state index contributed by atoms with van der Waals surface area (Å²) >= 11 is 0. The van der Waals surface area contributed by atoms with E-state index in [0.29, 0.717) is 11.3 Å². The fourth-order valence-electron chi connectivity index (χ4n) is 7.09. The van der Waals surface area contributed by atoms with Gasteiger partial charge in [0.15, 0.2) is 0 Å². The van der Waals surface area contributed by atoms with E-state index in [1.54, 1.807) is 12.7 Å². The Morgan fingerprint density at radius 2 is 2.04 bits per heavy atom. The van der Waals surface area contributed by atoms with Crippen molar-refractivity contribution in [2.45, 2.75) is 63.4 Å². The third-order valence-corrected chi connectivity index (χ3v) is 8.44. The molecule has 0 amide bonds. The molecule has 0 radical (unpaired) electrons. The number of halogens is 1. The van der Waals surface area contributed by atoms with Crippen molar-refractivity contribution in [2.24, 2.45) is 16.7 Å². The van der Waals surface area contributed by atoms with Crippen molar-refractivity contribution in [1.82, 2.24) is 0 Å². The van der Waals surface area contributed by atoms with Crippen LogP contribution in [0.4, 0.5) is 0 Å². The molecule has 0 spiro atoms. The molecule has 2 nitrogen and oxygen atoms in total. The number of rotatable bonds is 1. The van der Waals surface area contributed by atoms with Gasteiger partial charge in [-0.15, -0.1) is 0 Å². The molecule has 3 saturated carbocycles. The summed E-state index contributed by atoms with van der Waals surface area (Å²) in [4.78, 5) is 0. The SMILES string of the molecule is COc1ccc2c(c1)CC[C@@H]1[C@@H]2CC[C@@]2(C)[C@]13C[CH+][C@]2(O)CC3.[Cl-]. The topological polar surface area (TPSA) is 29.5 Å². The molecule has 24 heavy (non-hydrogen) atoms. The Balaban J connectivity index is 0.00000146. The molecular formula is C21H27ClO2. The van der Waals surface area contributed by atoms with Crippen LogP contribution in [0.25, 0.3) is 0 Å². The number of hydrogen-bond donors (Lipinski definition) is 1. The quantitative estimate of drug-likeness (QED) is 0.776. The van der Waals surface area contributed by atoms with Crippen LogP contribution in [0.3, 0.4) is 0 Å². The van der Waals surface area contributed by atoms with Crippen LogP contribution < -0.4 is 17.1 Å². The van der Waals surface area contributed by atoms with Gasteiger partial charge in [-0.1, -0.05) is 13.0 Å². The summed E-state index contributed by atoms with van der Waals surface area (Å²) in [5, 5.41) is 11.2. The van der Waals surface area contributed by atoms with Crippen LogP contribution in [0.1, 0.15) is 62.5 Å². The van der Waals surface area contributed by atoms with Crippen LogP contribution in [0.2, 0.25) is 0 Å². The van der Waals surface area contributed by atoms with E-state index in [-0.39, 0.29) is 17.8 Å². The Morgan fingerprint density at radius 1 is 1.21 bits per heavy atom. The Hall–Kier alpha value is -0.860. The molecule has 3 heteroatoms. The van der Waals surface area contributed by atoms with Gasteiger partial charge in [0, 0.05) is 17.3 Å². The molecule has 0 saturated heterocycles. The van der Waals surface area contributed by atoms with Gasteiger partial charge >= 0.3 is 0 Å². The predicted octanol–water partition coefficient (Wildman–Crippen LogP) is 1.26. The highest BCUT2D eigenvalue weighted by molar-refractivity contribution is 5.42. The lowest BCUT2D eigenvalue weighted by atomic mass is 9.48. The van der Waals surface area contributed by atoms with E-state index in [9.17, 15) is 5.11 Å². The van der Waals surface area contributed by atoms with Crippen LogP contribution in [0, 0.1) is 23.2 Å². The van der Waals surface area contributed by atoms with E-state index in [0.717, 1.165) is 24.5 Å². The van der Waals surface area contributed by atoms with E-state index in [1.807, 2.05) is 0 Å². The smallest absolute Gasteiger partial charge is 0.210 e. The first-order valence-corrected chi connectivity index (χ1v) is 9.27. The first-order valence-electron chi connectivity index (χ1n) is 9.27. The standard InChI is InChI=1S/C21H27O2.ClH/c1-19-8-7-17-16-5-4-15(23-2)13-14(16)3-6-18(17)20(19)9-11-21(19,22)12-10-20;/h4-5,11,13,17-18,22H,3,6-10,12H2,1-2H3;1H/q+1;/p-1/t17-,18-,19+,20+,21+;/m1./s1. The minimum absolute atomic E-state index is 0. The molecule has 5 atom stereocenters. The molecule has 4 aliphatic carbocycles. The minimum Gasteiger partial charge on any atom is -1.00 e. The normalized spacial score (nSPS) is 44.6. The molecular weight excluding hydrogens is 320 g/mol. The lowest BCUT2D eigenvalue weighted by molar-refractivity contribution is -0.0940. The van der Waals surface area contributed by atoms with Gasteiger partial charge in [0.2, 0.25) is 5.60 Å². The van der Waals surface area contributed by atoms with Gasteiger partial charge in [0.25, 0.3) is 0 Å². The third-order valence-electron chi connectivity index (χ3n) is 8.44. The Morgan fingerprint density at radius 3 is 2.75 bits per heavy atom. The molecule has 0 aromatic heterocycles. The van der Waals surface area contributed by atoms with Gasteiger partial charge in [-0.3, -0.25) is 0 Å². The Labute approximate surface area is 151 Å². The van der Waals surface area contributed by atoms with Gasteiger partial charge < -0.3 is 22.3 Å². The zero-order valence-corrected chi connectivity index (χ0v) is 15.4. The Bertz CT molecular complexity index is 662. The van der Waals surface area contributed by atoms with Crippen molar-refractivity contribution in [1.29, 1.82) is 0 Å². The second-order valence-corrected chi connectivity index (χ2v) is 8.68. The lowest BCUT2D eigenvalue weighted by Gasteiger charge is -2.54. The molecule has 2 bridgehead atoms. The molecule has 0 aliphatic heterocycles. The highest BCUT2D eigenvalue weighted by atomic mass is 35.5. The summed E-state index contributed by atoms with van der Waals surface area (Å²) in [5.41, 5.74) is 3.05. The van der Waals surface area contributed by atoms with Crippen LogP contribution in [0.5, 0.6) is 5.75 Å². The first kappa shape index (κ1) is 16.6. The maximum absolute atomic E-state index is 11.2. The van der Waals surface area contributed by atoms with E-state index in [1.165, 1.54) is 37.7 Å². The summed E-state index contributed by atoms with van der Waals surface area (Å²) in [6.07, 6.45) is 10.5. The number of fused-ring (bicyclic) bond motifs is 3. The Kier molecular flexibility index (Phi) is 3.51. The van der Waals surface area contributed by atoms with Gasteiger partial charge in [0.05, 0.1) is 13.5 Å². The first-order chi connectivity index (χ1) is 11.0. The van der Waals surface area contributed by atoms with Crippen LogP contribution >= 0.6 is 0 Å². The van der Waals surface area contributed by atoms with Crippen molar-refractivity contribution >= 4 is 0 Å². The molecule has 0 unspecified atom stereocenters. The van der Waals surface area contributed by atoms with Crippen LogP contribution in [-0.2, 0) is 6.42 Å². The average molecular weight is 347 g/mol. The zero-order chi connectivity index (χ0) is 15.9. The van der Waals surface area contributed by atoms with Gasteiger partial charge in [-0.2, -0.15) is 0 Å². The summed E-state index contributed by atoms with van der Waals surface area (Å²) in [7, 11) is 1.76. The van der Waals surface area contributed by atoms with E-state index in [4.69, 9.17) is 4.74 Å². The van der Waals surface area contributed by atoms with E-state index in [2.05, 4.69) is 31.5 Å².